The minimum atomic E-state index is -2.92. The summed E-state index contributed by atoms with van der Waals surface area (Å²) in [5.41, 5.74) is 0. The van der Waals surface area contributed by atoms with Gasteiger partial charge in [0.1, 0.15) is 9.84 Å². The summed E-state index contributed by atoms with van der Waals surface area (Å²) in [6.07, 6.45) is 2.86. The molecule has 2 N–H and O–H groups in total. The summed E-state index contributed by atoms with van der Waals surface area (Å²) in [4.78, 5) is 7.07. The molecular weight excluding hydrogens is 451 g/mol. The van der Waals surface area contributed by atoms with Gasteiger partial charge < -0.3 is 10.6 Å². The van der Waals surface area contributed by atoms with E-state index < -0.39 is 9.84 Å². The van der Waals surface area contributed by atoms with Crippen molar-refractivity contribution in [3.63, 3.8) is 0 Å². The summed E-state index contributed by atoms with van der Waals surface area (Å²) in [7, 11) is -2.92. The molecule has 0 spiro atoms. The Morgan fingerprint density at radius 1 is 1.12 bits per heavy atom. The number of hydrogen-bond donors (Lipinski definition) is 2. The standard InChI is InChI=1S/C17H38N4O2S.HI/c1-8-18-17(20-16(6)10-13-24(7,22)23)19-11-9-12-21(14(2)3)15(4)5;/h14-16H,8-13H2,1-7H3,(H2,18,19,20);1H. The van der Waals surface area contributed by atoms with Gasteiger partial charge in [-0.05, 0) is 54.4 Å². The Morgan fingerprint density at radius 2 is 1.68 bits per heavy atom. The fourth-order valence-corrected chi connectivity index (χ4v) is 3.35. The summed E-state index contributed by atoms with van der Waals surface area (Å²) in [6, 6.07) is 1.15. The highest BCUT2D eigenvalue weighted by Crippen LogP contribution is 2.05. The number of halogens is 1. The van der Waals surface area contributed by atoms with Crippen molar-refractivity contribution in [3.8, 4) is 0 Å². The molecule has 152 valence electrons. The van der Waals surface area contributed by atoms with Crippen LogP contribution in [0.3, 0.4) is 0 Å². The third-order valence-corrected chi connectivity index (χ3v) is 4.80. The van der Waals surface area contributed by atoms with E-state index in [0.717, 1.165) is 32.0 Å². The van der Waals surface area contributed by atoms with Gasteiger partial charge in [0.25, 0.3) is 0 Å². The normalized spacial score (nSPS) is 13.9. The minimum absolute atomic E-state index is 0. The zero-order valence-corrected chi connectivity index (χ0v) is 20.1. The summed E-state index contributed by atoms with van der Waals surface area (Å²) >= 11 is 0. The molecule has 0 saturated heterocycles. The third-order valence-electron chi connectivity index (χ3n) is 3.82. The van der Waals surface area contributed by atoms with Gasteiger partial charge in [0, 0.05) is 44.0 Å². The Kier molecular flexibility index (Phi) is 15.2. The molecule has 0 bridgehead atoms. The van der Waals surface area contributed by atoms with Crippen LogP contribution in [-0.2, 0) is 9.84 Å². The molecule has 0 aromatic rings. The van der Waals surface area contributed by atoms with E-state index in [-0.39, 0.29) is 35.8 Å². The lowest BCUT2D eigenvalue weighted by atomic mass is 10.2. The molecule has 0 rings (SSSR count). The second-order valence-corrected chi connectivity index (χ2v) is 9.26. The molecule has 0 heterocycles. The number of guanidine groups is 1. The van der Waals surface area contributed by atoms with Gasteiger partial charge in [-0.2, -0.15) is 0 Å². The van der Waals surface area contributed by atoms with Gasteiger partial charge in [-0.1, -0.05) is 0 Å². The van der Waals surface area contributed by atoms with Crippen LogP contribution in [0.1, 0.15) is 54.4 Å². The number of nitrogens with zero attached hydrogens (tertiary/aromatic N) is 2. The molecule has 0 aliphatic rings. The van der Waals surface area contributed by atoms with E-state index in [1.165, 1.54) is 6.26 Å². The van der Waals surface area contributed by atoms with Crippen molar-refractivity contribution in [2.24, 2.45) is 4.99 Å². The zero-order chi connectivity index (χ0) is 18.8. The zero-order valence-electron chi connectivity index (χ0n) is 17.0. The van der Waals surface area contributed by atoms with Crippen LogP contribution in [0.25, 0.3) is 0 Å². The highest BCUT2D eigenvalue weighted by molar-refractivity contribution is 14.0. The second-order valence-electron chi connectivity index (χ2n) is 7.00. The lowest BCUT2D eigenvalue weighted by molar-refractivity contribution is 0.174. The first-order valence-corrected chi connectivity index (χ1v) is 11.1. The molecule has 0 fully saturated rings. The monoisotopic (exact) mass is 490 g/mol. The average molecular weight is 490 g/mol. The van der Waals surface area contributed by atoms with E-state index in [0.29, 0.717) is 18.5 Å². The summed E-state index contributed by atoms with van der Waals surface area (Å²) in [5, 5.41) is 6.51. The molecular formula is C17H39IN4O2S. The number of rotatable bonds is 11. The van der Waals surface area contributed by atoms with Crippen LogP contribution in [0.15, 0.2) is 4.99 Å². The van der Waals surface area contributed by atoms with Crippen molar-refractivity contribution in [2.75, 3.05) is 31.6 Å². The Labute approximate surface area is 172 Å². The molecule has 25 heavy (non-hydrogen) atoms. The van der Waals surface area contributed by atoms with Crippen molar-refractivity contribution in [1.82, 2.24) is 15.5 Å². The maximum absolute atomic E-state index is 11.3. The summed E-state index contributed by atoms with van der Waals surface area (Å²) in [5.74, 6) is 0.956. The fourth-order valence-electron chi connectivity index (χ4n) is 2.57. The van der Waals surface area contributed by atoms with Crippen molar-refractivity contribution >= 4 is 39.8 Å². The predicted molar refractivity (Wildman–Crippen MR) is 120 cm³/mol. The molecule has 0 radical (unpaired) electrons. The average Bonchev–Trinajstić information content (AvgIpc) is 2.43. The van der Waals surface area contributed by atoms with Crippen molar-refractivity contribution in [2.45, 2.75) is 72.5 Å². The molecule has 0 saturated carbocycles. The smallest absolute Gasteiger partial charge is 0.191 e. The van der Waals surface area contributed by atoms with Gasteiger partial charge in [0.05, 0.1) is 5.75 Å². The predicted octanol–water partition coefficient (Wildman–Crippen LogP) is 2.49. The largest absolute Gasteiger partial charge is 0.357 e. The van der Waals surface area contributed by atoms with Crippen LogP contribution in [0.2, 0.25) is 0 Å². The Bertz CT molecular complexity index is 459. The van der Waals surface area contributed by atoms with E-state index in [1.54, 1.807) is 0 Å². The second kappa shape index (κ2) is 14.0. The summed E-state index contributed by atoms with van der Waals surface area (Å²) < 4.78 is 22.5. The number of nitrogens with one attached hydrogen (secondary N) is 2. The van der Waals surface area contributed by atoms with E-state index in [2.05, 4.69) is 48.2 Å². The van der Waals surface area contributed by atoms with Crippen LogP contribution in [0, 0.1) is 0 Å². The first-order chi connectivity index (χ1) is 11.1. The number of aliphatic imine (C=N–C) groups is 1. The highest BCUT2D eigenvalue weighted by Gasteiger charge is 2.12. The highest BCUT2D eigenvalue weighted by atomic mass is 127. The quantitative estimate of drug-likeness (QED) is 0.202. The molecule has 0 aliphatic heterocycles. The topological polar surface area (TPSA) is 73.8 Å². The molecule has 0 aliphatic carbocycles. The minimum Gasteiger partial charge on any atom is -0.357 e. The van der Waals surface area contributed by atoms with Gasteiger partial charge in [-0.3, -0.25) is 9.89 Å². The van der Waals surface area contributed by atoms with Crippen LogP contribution >= 0.6 is 24.0 Å². The van der Waals surface area contributed by atoms with Gasteiger partial charge >= 0.3 is 0 Å². The SMILES string of the molecule is CCNC(=NCCCN(C(C)C)C(C)C)NC(C)CCS(C)(=O)=O.I. The maximum atomic E-state index is 11.3. The number of sulfone groups is 1. The molecule has 0 aromatic carbocycles. The van der Waals surface area contributed by atoms with Gasteiger partial charge in [0.2, 0.25) is 0 Å². The first kappa shape index (κ1) is 27.1. The molecule has 0 aromatic heterocycles. The molecule has 0 amide bonds. The number of hydrogen-bond acceptors (Lipinski definition) is 4. The van der Waals surface area contributed by atoms with Crippen molar-refractivity contribution < 1.29 is 8.42 Å². The van der Waals surface area contributed by atoms with E-state index in [1.807, 2.05) is 13.8 Å². The molecule has 1 atom stereocenters. The van der Waals surface area contributed by atoms with E-state index >= 15 is 0 Å². The Hall–Kier alpha value is -0.0900. The maximum Gasteiger partial charge on any atom is 0.191 e. The van der Waals surface area contributed by atoms with Crippen LogP contribution in [0.4, 0.5) is 0 Å². The molecule has 8 heteroatoms. The van der Waals surface area contributed by atoms with Gasteiger partial charge in [-0.25, -0.2) is 8.42 Å². The molecule has 6 nitrogen and oxygen atoms in total. The van der Waals surface area contributed by atoms with Crippen molar-refractivity contribution in [3.05, 3.63) is 0 Å². The van der Waals surface area contributed by atoms with Gasteiger partial charge in [-0.15, -0.1) is 24.0 Å². The Morgan fingerprint density at radius 3 is 2.12 bits per heavy atom. The van der Waals surface area contributed by atoms with Crippen LogP contribution in [0.5, 0.6) is 0 Å². The van der Waals surface area contributed by atoms with E-state index in [9.17, 15) is 8.42 Å². The third kappa shape index (κ3) is 14.7. The van der Waals surface area contributed by atoms with Crippen LogP contribution < -0.4 is 10.6 Å². The lowest BCUT2D eigenvalue weighted by Crippen LogP contribution is -2.43. The fraction of sp³-hybridized carbons (Fsp3) is 0.941. The first-order valence-electron chi connectivity index (χ1n) is 9.05. The van der Waals surface area contributed by atoms with Crippen LogP contribution in [-0.4, -0.2) is 69.0 Å². The van der Waals surface area contributed by atoms with Crippen molar-refractivity contribution in [1.29, 1.82) is 0 Å². The lowest BCUT2D eigenvalue weighted by Gasteiger charge is -2.30. The summed E-state index contributed by atoms with van der Waals surface area (Å²) in [6.45, 7) is 15.5. The van der Waals surface area contributed by atoms with Gasteiger partial charge in [0.15, 0.2) is 5.96 Å². The Balaban J connectivity index is 0. The molecule has 1 unspecified atom stereocenters. The van der Waals surface area contributed by atoms with E-state index in [4.69, 9.17) is 0 Å².